The highest BCUT2D eigenvalue weighted by molar-refractivity contribution is 5.74. The molecule has 1 aromatic carbocycles. The fourth-order valence-corrected chi connectivity index (χ4v) is 3.00. The Morgan fingerprint density at radius 1 is 1.40 bits per heavy atom. The zero-order chi connectivity index (χ0) is 17.6. The van der Waals surface area contributed by atoms with Crippen LogP contribution in [-0.2, 0) is 6.42 Å². The molecule has 132 valence electrons. The molecule has 3 rings (SSSR count). The zero-order valence-electron chi connectivity index (χ0n) is 14.2. The maximum atomic E-state index is 13.4. The Hall–Kier alpha value is -2.63. The Balaban J connectivity index is 1.57. The predicted octanol–water partition coefficient (Wildman–Crippen LogP) is 3.28. The molecule has 0 saturated heterocycles. The van der Waals surface area contributed by atoms with Crippen molar-refractivity contribution in [2.45, 2.75) is 32.2 Å². The monoisotopic (exact) mass is 343 g/mol. The van der Waals surface area contributed by atoms with Gasteiger partial charge in [0.1, 0.15) is 11.6 Å². The number of pyridine rings is 1. The van der Waals surface area contributed by atoms with Gasteiger partial charge >= 0.3 is 6.03 Å². The third kappa shape index (κ3) is 4.47. The van der Waals surface area contributed by atoms with Gasteiger partial charge in [-0.05, 0) is 49.4 Å². The van der Waals surface area contributed by atoms with Gasteiger partial charge in [0.25, 0.3) is 0 Å². The minimum atomic E-state index is -0.337. The van der Waals surface area contributed by atoms with E-state index in [0.29, 0.717) is 18.9 Å². The van der Waals surface area contributed by atoms with Crippen LogP contribution < -0.4 is 15.4 Å². The lowest BCUT2D eigenvalue weighted by molar-refractivity contribution is 0.236. The number of nitrogens with one attached hydrogen (secondary N) is 2. The second kappa shape index (κ2) is 7.96. The summed E-state index contributed by atoms with van der Waals surface area (Å²) in [6.45, 7) is 3.07. The fourth-order valence-electron chi connectivity index (χ4n) is 3.00. The lowest BCUT2D eigenvalue weighted by Crippen LogP contribution is -2.38. The Morgan fingerprint density at radius 3 is 3.12 bits per heavy atom. The number of benzene rings is 1. The molecule has 1 atom stereocenters. The van der Waals surface area contributed by atoms with Crippen LogP contribution in [0.3, 0.4) is 0 Å². The van der Waals surface area contributed by atoms with Gasteiger partial charge in [0.2, 0.25) is 0 Å². The first-order valence-corrected chi connectivity index (χ1v) is 8.49. The summed E-state index contributed by atoms with van der Waals surface area (Å²) < 4.78 is 19.0. The fraction of sp³-hybridized carbons (Fsp3) is 0.368. The van der Waals surface area contributed by atoms with Crippen LogP contribution in [0.15, 0.2) is 36.7 Å². The van der Waals surface area contributed by atoms with E-state index < -0.39 is 0 Å². The van der Waals surface area contributed by atoms with Gasteiger partial charge in [-0.3, -0.25) is 4.98 Å². The van der Waals surface area contributed by atoms with E-state index in [2.05, 4.69) is 15.6 Å². The maximum Gasteiger partial charge on any atom is 0.315 e. The van der Waals surface area contributed by atoms with Crippen LogP contribution in [0.1, 0.15) is 35.6 Å². The molecule has 0 saturated carbocycles. The number of nitrogens with zero attached hydrogens (tertiary/aromatic N) is 1. The molecule has 2 heterocycles. The maximum absolute atomic E-state index is 13.4. The van der Waals surface area contributed by atoms with Crippen LogP contribution in [0.5, 0.6) is 5.75 Å². The molecule has 2 N–H and O–H groups in total. The number of rotatable bonds is 4. The first kappa shape index (κ1) is 17.2. The predicted molar refractivity (Wildman–Crippen MR) is 93.1 cm³/mol. The number of hydrogen-bond acceptors (Lipinski definition) is 3. The first-order chi connectivity index (χ1) is 12.1. The molecule has 0 fully saturated rings. The van der Waals surface area contributed by atoms with Gasteiger partial charge in [-0.15, -0.1) is 0 Å². The summed E-state index contributed by atoms with van der Waals surface area (Å²) >= 11 is 0. The second-order valence-corrected chi connectivity index (χ2v) is 6.18. The lowest BCUT2D eigenvalue weighted by atomic mass is 10.0. The van der Waals surface area contributed by atoms with Crippen molar-refractivity contribution in [3.63, 3.8) is 0 Å². The zero-order valence-corrected chi connectivity index (χ0v) is 14.2. The summed E-state index contributed by atoms with van der Waals surface area (Å²) in [6.07, 6.45) is 5.88. The molecule has 0 unspecified atom stereocenters. The largest absolute Gasteiger partial charge is 0.493 e. The van der Waals surface area contributed by atoms with Gasteiger partial charge in [-0.2, -0.15) is 0 Å². The van der Waals surface area contributed by atoms with E-state index >= 15 is 0 Å². The molecular weight excluding hydrogens is 321 g/mol. The molecule has 0 spiro atoms. The van der Waals surface area contributed by atoms with E-state index in [1.54, 1.807) is 12.3 Å². The Morgan fingerprint density at radius 2 is 2.28 bits per heavy atom. The van der Waals surface area contributed by atoms with E-state index in [9.17, 15) is 9.18 Å². The highest BCUT2D eigenvalue weighted by atomic mass is 19.1. The number of fused-ring (bicyclic) bond motifs is 1. The molecule has 6 heteroatoms. The van der Waals surface area contributed by atoms with E-state index in [1.807, 2.05) is 19.2 Å². The lowest BCUT2D eigenvalue weighted by Gasteiger charge is -2.19. The number of halogens is 1. The summed E-state index contributed by atoms with van der Waals surface area (Å²) in [6, 6.07) is 6.00. The quantitative estimate of drug-likeness (QED) is 0.895. The van der Waals surface area contributed by atoms with Crippen LogP contribution >= 0.6 is 0 Å². The molecule has 1 aromatic heterocycles. The van der Waals surface area contributed by atoms with Crippen molar-refractivity contribution in [1.82, 2.24) is 15.6 Å². The second-order valence-electron chi connectivity index (χ2n) is 6.18. The molecule has 0 aliphatic carbocycles. The third-order valence-electron chi connectivity index (χ3n) is 4.37. The average Bonchev–Trinajstić information content (AvgIpc) is 2.78. The summed E-state index contributed by atoms with van der Waals surface area (Å²) in [5.41, 5.74) is 3.10. The van der Waals surface area contributed by atoms with Crippen molar-refractivity contribution in [1.29, 1.82) is 0 Å². The average molecular weight is 343 g/mol. The van der Waals surface area contributed by atoms with E-state index in [0.717, 1.165) is 30.4 Å². The smallest absolute Gasteiger partial charge is 0.315 e. The number of aryl methyl sites for hydroxylation is 1. The Kier molecular flexibility index (Phi) is 5.48. The van der Waals surface area contributed by atoms with E-state index in [-0.39, 0.29) is 17.9 Å². The molecule has 2 aromatic rings. The van der Waals surface area contributed by atoms with Gasteiger partial charge in [-0.25, -0.2) is 9.18 Å². The topological polar surface area (TPSA) is 63.2 Å². The summed E-state index contributed by atoms with van der Waals surface area (Å²) in [5.74, 6) is 0.173. The number of ether oxygens (including phenoxy) is 1. The number of hydrogen-bond donors (Lipinski definition) is 2. The van der Waals surface area contributed by atoms with Crippen LogP contribution in [0.4, 0.5) is 9.18 Å². The van der Waals surface area contributed by atoms with Gasteiger partial charge in [-0.1, -0.05) is 6.07 Å². The Labute approximate surface area is 146 Å². The van der Waals surface area contributed by atoms with Crippen molar-refractivity contribution >= 4 is 6.03 Å². The standard InChI is InChI=1S/C19H22FN3O2/c1-13-12-21-8-6-14(13)7-9-22-19(24)23-17-3-2-10-25-18-11-15(20)4-5-16(17)18/h4-6,8,11-12,17H,2-3,7,9-10H2,1H3,(H2,22,23,24)/t17-/m0/s1. The third-order valence-corrected chi connectivity index (χ3v) is 4.37. The van der Waals surface area contributed by atoms with Gasteiger partial charge in [0.05, 0.1) is 12.6 Å². The minimum absolute atomic E-state index is 0.180. The highest BCUT2D eigenvalue weighted by Gasteiger charge is 2.21. The number of urea groups is 1. The molecule has 2 amide bonds. The van der Waals surface area contributed by atoms with Crippen molar-refractivity contribution in [2.75, 3.05) is 13.2 Å². The minimum Gasteiger partial charge on any atom is -0.493 e. The van der Waals surface area contributed by atoms with Crippen molar-refractivity contribution in [2.24, 2.45) is 0 Å². The molecule has 0 bridgehead atoms. The number of amides is 2. The molecule has 5 nitrogen and oxygen atoms in total. The van der Waals surface area contributed by atoms with Gasteiger partial charge in [0.15, 0.2) is 0 Å². The van der Waals surface area contributed by atoms with Crippen LogP contribution in [0.25, 0.3) is 0 Å². The molecule has 1 aliphatic heterocycles. The molecular formula is C19H22FN3O2. The van der Waals surface area contributed by atoms with Gasteiger partial charge in [0, 0.05) is 30.6 Å². The van der Waals surface area contributed by atoms with Crippen molar-refractivity contribution < 1.29 is 13.9 Å². The number of aromatic nitrogens is 1. The van der Waals surface area contributed by atoms with Crippen LogP contribution in [-0.4, -0.2) is 24.2 Å². The molecule has 0 radical (unpaired) electrons. The van der Waals surface area contributed by atoms with Crippen molar-refractivity contribution in [3.05, 3.63) is 59.2 Å². The van der Waals surface area contributed by atoms with Crippen LogP contribution in [0.2, 0.25) is 0 Å². The number of carbonyl (C=O) groups is 1. The summed E-state index contributed by atoms with van der Waals surface area (Å²) in [7, 11) is 0. The first-order valence-electron chi connectivity index (χ1n) is 8.49. The molecule has 25 heavy (non-hydrogen) atoms. The Bertz CT molecular complexity index is 751. The normalized spacial score (nSPS) is 16.3. The van der Waals surface area contributed by atoms with Crippen LogP contribution in [0, 0.1) is 12.7 Å². The SMILES string of the molecule is Cc1cnccc1CCNC(=O)N[C@H]1CCCOc2cc(F)ccc21. The summed E-state index contributed by atoms with van der Waals surface area (Å²) in [4.78, 5) is 16.3. The van der Waals surface area contributed by atoms with Crippen molar-refractivity contribution in [3.8, 4) is 5.75 Å². The number of carbonyl (C=O) groups excluding carboxylic acids is 1. The highest BCUT2D eigenvalue weighted by Crippen LogP contribution is 2.31. The van der Waals surface area contributed by atoms with E-state index in [1.165, 1.54) is 17.7 Å². The van der Waals surface area contributed by atoms with E-state index in [4.69, 9.17) is 4.74 Å². The molecule has 1 aliphatic rings. The summed E-state index contributed by atoms with van der Waals surface area (Å²) in [5, 5.41) is 5.85. The van der Waals surface area contributed by atoms with Gasteiger partial charge < -0.3 is 15.4 Å².